The van der Waals surface area contributed by atoms with Crippen molar-refractivity contribution in [3.8, 4) is 0 Å². The molecule has 0 radical (unpaired) electrons. The van der Waals surface area contributed by atoms with Crippen molar-refractivity contribution in [3.05, 3.63) is 35.4 Å². The number of carboxylic acids is 1. The van der Waals surface area contributed by atoms with Crippen molar-refractivity contribution in [2.45, 2.75) is 30.2 Å². The van der Waals surface area contributed by atoms with Gasteiger partial charge in [-0.1, -0.05) is 24.3 Å². The highest BCUT2D eigenvalue weighted by Crippen LogP contribution is 2.41. The second-order valence-electron chi connectivity index (χ2n) is 4.71. The van der Waals surface area contributed by atoms with Crippen LogP contribution in [0.2, 0.25) is 0 Å². The molecule has 4 heteroatoms. The van der Waals surface area contributed by atoms with Crippen LogP contribution in [0.25, 0.3) is 0 Å². The van der Waals surface area contributed by atoms with Crippen molar-refractivity contribution in [1.82, 2.24) is 5.32 Å². The van der Waals surface area contributed by atoms with Gasteiger partial charge in [0, 0.05) is 5.75 Å². The molecule has 2 atom stereocenters. The second kappa shape index (κ2) is 4.35. The zero-order valence-corrected chi connectivity index (χ0v) is 10.2. The smallest absolute Gasteiger partial charge is 0.321 e. The normalized spacial score (nSPS) is 28.2. The molecule has 1 aromatic rings. The third-order valence-electron chi connectivity index (χ3n) is 3.37. The fourth-order valence-corrected chi connectivity index (χ4v) is 3.40. The highest BCUT2D eigenvalue weighted by Gasteiger charge is 2.30. The van der Waals surface area contributed by atoms with Gasteiger partial charge in [0.15, 0.2) is 0 Å². The Hall–Kier alpha value is -1.00. The Balaban J connectivity index is 1.70. The lowest BCUT2D eigenvalue weighted by molar-refractivity contribution is -0.138. The Labute approximate surface area is 105 Å². The van der Waals surface area contributed by atoms with E-state index in [0.717, 1.165) is 5.92 Å². The van der Waals surface area contributed by atoms with Gasteiger partial charge in [0.1, 0.15) is 6.04 Å². The van der Waals surface area contributed by atoms with E-state index >= 15 is 0 Å². The first-order valence-corrected chi connectivity index (χ1v) is 6.99. The molecule has 2 N–H and O–H groups in total. The number of carboxylic acid groups (broad SMARTS) is 1. The Morgan fingerprint density at radius 3 is 2.41 bits per heavy atom. The highest BCUT2D eigenvalue weighted by molar-refractivity contribution is 7.99. The van der Waals surface area contributed by atoms with Crippen LogP contribution in [0, 0.1) is 0 Å². The summed E-state index contributed by atoms with van der Waals surface area (Å²) in [5, 5.41) is 12.2. The molecule has 3 nitrogen and oxygen atoms in total. The highest BCUT2D eigenvalue weighted by atomic mass is 32.2. The minimum atomic E-state index is -0.755. The van der Waals surface area contributed by atoms with Gasteiger partial charge >= 0.3 is 5.97 Å². The molecule has 2 fully saturated rings. The average molecular weight is 249 g/mol. The molecule has 90 valence electrons. The molecule has 1 unspecified atom stereocenters. The van der Waals surface area contributed by atoms with Gasteiger partial charge in [-0.15, -0.1) is 11.8 Å². The lowest BCUT2D eigenvalue weighted by atomic mass is 10.1. The molecule has 2 aliphatic rings. The molecule has 1 heterocycles. The lowest BCUT2D eigenvalue weighted by Crippen LogP contribution is -2.33. The number of rotatable bonds is 3. The zero-order chi connectivity index (χ0) is 11.8. The first-order valence-electron chi connectivity index (χ1n) is 5.94. The van der Waals surface area contributed by atoms with Crippen molar-refractivity contribution in [2.75, 3.05) is 5.75 Å². The van der Waals surface area contributed by atoms with Gasteiger partial charge in [-0.05, 0) is 29.9 Å². The fourth-order valence-electron chi connectivity index (χ4n) is 2.17. The molecule has 1 saturated heterocycles. The van der Waals surface area contributed by atoms with Crippen LogP contribution in [0.3, 0.4) is 0 Å². The van der Waals surface area contributed by atoms with Crippen LogP contribution >= 0.6 is 11.8 Å². The third kappa shape index (κ3) is 2.33. The Morgan fingerprint density at radius 2 is 1.88 bits per heavy atom. The van der Waals surface area contributed by atoms with Gasteiger partial charge in [0.2, 0.25) is 0 Å². The predicted molar refractivity (Wildman–Crippen MR) is 68.2 cm³/mol. The topological polar surface area (TPSA) is 49.3 Å². The predicted octanol–water partition coefficient (Wildman–Crippen LogP) is 2.35. The summed E-state index contributed by atoms with van der Waals surface area (Å²) in [6, 6.07) is 8.21. The first kappa shape index (κ1) is 11.1. The van der Waals surface area contributed by atoms with E-state index in [0.29, 0.717) is 5.75 Å². The van der Waals surface area contributed by atoms with Crippen LogP contribution in [0.5, 0.6) is 0 Å². The summed E-state index contributed by atoms with van der Waals surface area (Å²) in [7, 11) is 0. The number of hydrogen-bond donors (Lipinski definition) is 2. The molecule has 0 bridgehead atoms. The Kier molecular flexibility index (Phi) is 2.84. The molecule has 1 aliphatic heterocycles. The standard InChI is InChI=1S/C13H15NO2S/c15-13(16)11-7-17-12(14-11)10-5-3-9(4-6-10)8-1-2-8/h3-6,8,11-12,14H,1-2,7H2,(H,15,16)/t11-,12?/m1/s1. The van der Waals surface area contributed by atoms with Gasteiger partial charge in [-0.2, -0.15) is 0 Å². The molecule has 1 aromatic carbocycles. The molecule has 0 amide bonds. The van der Waals surface area contributed by atoms with Crippen LogP contribution in [-0.2, 0) is 4.79 Å². The molecule has 3 rings (SSSR count). The molecule has 17 heavy (non-hydrogen) atoms. The molecular weight excluding hydrogens is 234 g/mol. The minimum Gasteiger partial charge on any atom is -0.480 e. The van der Waals surface area contributed by atoms with E-state index in [-0.39, 0.29) is 5.37 Å². The molecular formula is C13H15NO2S. The van der Waals surface area contributed by atoms with Gasteiger partial charge in [0.05, 0.1) is 5.37 Å². The SMILES string of the molecule is O=C(O)[C@H]1CSC(c2ccc(C3CC3)cc2)N1. The van der Waals surface area contributed by atoms with Crippen molar-refractivity contribution < 1.29 is 9.90 Å². The summed E-state index contributed by atoms with van der Waals surface area (Å²) in [6.45, 7) is 0. The van der Waals surface area contributed by atoms with Crippen molar-refractivity contribution in [2.24, 2.45) is 0 Å². The summed E-state index contributed by atoms with van der Waals surface area (Å²) >= 11 is 1.67. The molecule has 1 aliphatic carbocycles. The summed E-state index contributed by atoms with van der Waals surface area (Å²) in [4.78, 5) is 10.9. The number of hydrogen-bond acceptors (Lipinski definition) is 3. The van der Waals surface area contributed by atoms with Crippen LogP contribution < -0.4 is 5.32 Å². The number of benzene rings is 1. The zero-order valence-electron chi connectivity index (χ0n) is 9.43. The van der Waals surface area contributed by atoms with Crippen molar-refractivity contribution >= 4 is 17.7 Å². The van der Waals surface area contributed by atoms with E-state index in [9.17, 15) is 4.79 Å². The minimum absolute atomic E-state index is 0.129. The summed E-state index contributed by atoms with van der Waals surface area (Å²) in [5.41, 5.74) is 2.61. The monoisotopic (exact) mass is 249 g/mol. The van der Waals surface area contributed by atoms with E-state index in [2.05, 4.69) is 29.6 Å². The van der Waals surface area contributed by atoms with E-state index < -0.39 is 12.0 Å². The van der Waals surface area contributed by atoms with E-state index in [1.165, 1.54) is 24.0 Å². The van der Waals surface area contributed by atoms with E-state index in [1.54, 1.807) is 11.8 Å². The number of nitrogens with one attached hydrogen (secondary N) is 1. The Morgan fingerprint density at radius 1 is 1.24 bits per heavy atom. The Bertz CT molecular complexity index is 428. The van der Waals surface area contributed by atoms with Gasteiger partial charge < -0.3 is 5.11 Å². The van der Waals surface area contributed by atoms with E-state index in [4.69, 9.17) is 5.11 Å². The number of aliphatic carboxylic acids is 1. The summed E-state index contributed by atoms with van der Waals surface area (Å²) in [5.74, 6) is 0.666. The maximum atomic E-state index is 10.9. The maximum absolute atomic E-state index is 10.9. The molecule has 0 aromatic heterocycles. The van der Waals surface area contributed by atoms with Gasteiger partial charge in [0.25, 0.3) is 0 Å². The maximum Gasteiger partial charge on any atom is 0.321 e. The fraction of sp³-hybridized carbons (Fsp3) is 0.462. The average Bonchev–Trinajstić information content (AvgIpc) is 3.06. The van der Waals surface area contributed by atoms with Crippen LogP contribution in [0.4, 0.5) is 0 Å². The van der Waals surface area contributed by atoms with Crippen molar-refractivity contribution in [1.29, 1.82) is 0 Å². The molecule has 0 spiro atoms. The first-order chi connectivity index (χ1) is 8.24. The summed E-state index contributed by atoms with van der Waals surface area (Å²) < 4.78 is 0. The van der Waals surface area contributed by atoms with Gasteiger partial charge in [-0.3, -0.25) is 10.1 Å². The van der Waals surface area contributed by atoms with Crippen LogP contribution in [0.1, 0.15) is 35.3 Å². The number of carbonyl (C=O) groups is 1. The molecule has 1 saturated carbocycles. The quantitative estimate of drug-likeness (QED) is 0.863. The second-order valence-corrected chi connectivity index (χ2v) is 5.85. The lowest BCUT2D eigenvalue weighted by Gasteiger charge is -2.11. The van der Waals surface area contributed by atoms with Crippen LogP contribution in [0.15, 0.2) is 24.3 Å². The van der Waals surface area contributed by atoms with Crippen LogP contribution in [-0.4, -0.2) is 22.9 Å². The largest absolute Gasteiger partial charge is 0.480 e. The van der Waals surface area contributed by atoms with Gasteiger partial charge in [-0.25, -0.2) is 0 Å². The van der Waals surface area contributed by atoms with E-state index in [1.807, 2.05) is 0 Å². The third-order valence-corrected chi connectivity index (χ3v) is 4.64. The number of thioether (sulfide) groups is 1. The van der Waals surface area contributed by atoms with Crippen molar-refractivity contribution in [3.63, 3.8) is 0 Å². The summed E-state index contributed by atoms with van der Waals surface area (Å²) in [6.07, 6.45) is 2.63.